The molecule has 1 aliphatic heterocycles. The van der Waals surface area contributed by atoms with Crippen molar-refractivity contribution in [2.75, 3.05) is 6.54 Å². The quantitative estimate of drug-likeness (QED) is 0.592. The molecule has 0 bridgehead atoms. The highest BCUT2D eigenvalue weighted by atomic mass is 16.5. The van der Waals surface area contributed by atoms with Gasteiger partial charge in [-0.15, -0.1) is 0 Å². The molecule has 2 heterocycles. The molecular formula is C17H21N3O. The Balaban J connectivity index is 2.27. The second kappa shape index (κ2) is 4.61. The van der Waals surface area contributed by atoms with Crippen LogP contribution in [0, 0.1) is 39.8 Å². The van der Waals surface area contributed by atoms with E-state index in [1.165, 1.54) is 5.56 Å². The summed E-state index contributed by atoms with van der Waals surface area (Å²) in [6.45, 7) is 10.4. The lowest BCUT2D eigenvalue weighted by Gasteiger charge is -2.39. The first kappa shape index (κ1) is 14.2. The Morgan fingerprint density at radius 1 is 1.00 bits per heavy atom. The number of quaternary nitrogens is 1. The first-order valence-corrected chi connectivity index (χ1v) is 7.35. The minimum atomic E-state index is -0.447. The van der Waals surface area contributed by atoms with Crippen molar-refractivity contribution in [3.05, 3.63) is 51.1 Å². The molecule has 4 nitrogen and oxygen atoms in total. The van der Waals surface area contributed by atoms with Crippen LogP contribution >= 0.6 is 0 Å². The zero-order chi connectivity index (χ0) is 15.4. The number of hydroxylamine groups is 1. The van der Waals surface area contributed by atoms with Gasteiger partial charge in [0.2, 0.25) is 5.82 Å². The van der Waals surface area contributed by atoms with Gasteiger partial charge in [-0.05, 0) is 34.6 Å². The molecule has 2 aromatic rings. The number of hydrogen-bond acceptors (Lipinski definition) is 3. The molecule has 0 N–H and O–H groups in total. The van der Waals surface area contributed by atoms with Crippen molar-refractivity contribution in [3.63, 3.8) is 0 Å². The lowest BCUT2D eigenvalue weighted by molar-refractivity contribution is 0.529. The molecule has 1 aromatic heterocycles. The lowest BCUT2D eigenvalue weighted by Crippen LogP contribution is -2.37. The third kappa shape index (κ3) is 2.06. The normalized spacial score (nSPS) is 20.7. The Kier molecular flexibility index (Phi) is 3.11. The van der Waals surface area contributed by atoms with Gasteiger partial charge in [0.25, 0.3) is 0 Å². The van der Waals surface area contributed by atoms with Crippen molar-refractivity contribution < 1.29 is 0 Å². The summed E-state index contributed by atoms with van der Waals surface area (Å²) < 4.78 is -0.447. The van der Waals surface area contributed by atoms with Crippen LogP contribution in [-0.2, 0) is 6.42 Å². The molecule has 0 spiro atoms. The van der Waals surface area contributed by atoms with E-state index in [0.29, 0.717) is 18.2 Å². The molecule has 0 aliphatic carbocycles. The highest BCUT2D eigenvalue weighted by Crippen LogP contribution is 2.44. The van der Waals surface area contributed by atoms with Crippen LogP contribution in [0.5, 0.6) is 0 Å². The molecule has 0 amide bonds. The van der Waals surface area contributed by atoms with Crippen LogP contribution in [0.2, 0.25) is 0 Å². The number of fused-ring (bicyclic) bond motifs is 1. The summed E-state index contributed by atoms with van der Waals surface area (Å²) in [4.78, 5) is 8.90. The summed E-state index contributed by atoms with van der Waals surface area (Å²) in [6.07, 6.45) is 0.748. The molecule has 3 rings (SSSR count). The van der Waals surface area contributed by atoms with E-state index < -0.39 is 4.65 Å². The summed E-state index contributed by atoms with van der Waals surface area (Å²) in [7, 11) is 0. The molecule has 0 saturated carbocycles. The van der Waals surface area contributed by atoms with Crippen molar-refractivity contribution in [1.29, 1.82) is 0 Å². The zero-order valence-electron chi connectivity index (χ0n) is 13.3. The first-order chi connectivity index (χ1) is 9.83. The molecule has 4 heteroatoms. The predicted molar refractivity (Wildman–Crippen MR) is 85.6 cm³/mol. The minimum Gasteiger partial charge on any atom is -0.621 e. The third-order valence-corrected chi connectivity index (χ3v) is 4.32. The van der Waals surface area contributed by atoms with Gasteiger partial charge >= 0.3 is 0 Å². The van der Waals surface area contributed by atoms with Gasteiger partial charge in [0.1, 0.15) is 11.5 Å². The average molecular weight is 283 g/mol. The molecule has 1 atom stereocenters. The largest absolute Gasteiger partial charge is 0.621 e. The third-order valence-electron chi connectivity index (χ3n) is 4.32. The monoisotopic (exact) mass is 283 g/mol. The Labute approximate surface area is 125 Å². The number of aryl methyl sites for hydroxylation is 5. The van der Waals surface area contributed by atoms with Crippen molar-refractivity contribution >= 4 is 11.5 Å². The molecule has 1 aromatic carbocycles. The van der Waals surface area contributed by atoms with Gasteiger partial charge < -0.3 is 5.21 Å². The van der Waals surface area contributed by atoms with E-state index in [-0.39, 0.29) is 0 Å². The van der Waals surface area contributed by atoms with Crippen LogP contribution < -0.4 is 4.65 Å². The fourth-order valence-corrected chi connectivity index (χ4v) is 3.64. The van der Waals surface area contributed by atoms with Crippen LogP contribution in [0.1, 0.15) is 33.8 Å². The maximum atomic E-state index is 13.6. The summed E-state index contributed by atoms with van der Waals surface area (Å²) >= 11 is 0. The molecule has 21 heavy (non-hydrogen) atoms. The average Bonchev–Trinajstić information content (AvgIpc) is 2.66. The Bertz CT molecular complexity index is 716. The van der Waals surface area contributed by atoms with Crippen molar-refractivity contribution in [2.24, 2.45) is 0 Å². The maximum Gasteiger partial charge on any atom is 0.239 e. The fourth-order valence-electron chi connectivity index (χ4n) is 3.64. The molecule has 1 aliphatic rings. The van der Waals surface area contributed by atoms with E-state index in [2.05, 4.69) is 29.0 Å². The van der Waals surface area contributed by atoms with Gasteiger partial charge in [-0.2, -0.15) is 4.98 Å². The highest BCUT2D eigenvalue weighted by Gasteiger charge is 2.38. The van der Waals surface area contributed by atoms with E-state index >= 15 is 0 Å². The second-order valence-corrected chi connectivity index (χ2v) is 6.12. The number of nitrogens with zero attached hydrogens (tertiary/aromatic N) is 3. The number of benzene rings is 1. The molecular weight excluding hydrogens is 262 g/mol. The van der Waals surface area contributed by atoms with E-state index in [1.54, 1.807) is 0 Å². The molecule has 0 saturated heterocycles. The van der Waals surface area contributed by atoms with E-state index in [9.17, 15) is 5.21 Å². The van der Waals surface area contributed by atoms with E-state index in [4.69, 9.17) is 0 Å². The highest BCUT2D eigenvalue weighted by molar-refractivity contribution is 5.69. The molecule has 1 unspecified atom stereocenters. The molecule has 0 radical (unpaired) electrons. The van der Waals surface area contributed by atoms with Gasteiger partial charge in [-0.25, -0.2) is 4.98 Å². The van der Waals surface area contributed by atoms with E-state index in [0.717, 1.165) is 34.5 Å². The summed E-state index contributed by atoms with van der Waals surface area (Å²) in [5.74, 6) is 1.31. The van der Waals surface area contributed by atoms with Gasteiger partial charge in [0.05, 0.1) is 17.8 Å². The van der Waals surface area contributed by atoms with Crippen LogP contribution in [0.3, 0.4) is 0 Å². The summed E-state index contributed by atoms with van der Waals surface area (Å²) in [5, 5.41) is 13.6. The molecule has 110 valence electrons. The van der Waals surface area contributed by atoms with Gasteiger partial charge in [0, 0.05) is 17.5 Å². The number of rotatable bonds is 1. The zero-order valence-corrected chi connectivity index (χ0v) is 13.3. The van der Waals surface area contributed by atoms with Crippen LogP contribution in [0.15, 0.2) is 12.1 Å². The lowest BCUT2D eigenvalue weighted by atomic mass is 10.0. The smallest absolute Gasteiger partial charge is 0.239 e. The second-order valence-electron chi connectivity index (χ2n) is 6.12. The minimum absolute atomic E-state index is 0.447. The maximum absolute atomic E-state index is 13.6. The van der Waals surface area contributed by atoms with Gasteiger partial charge in [-0.1, -0.05) is 17.7 Å². The van der Waals surface area contributed by atoms with Gasteiger partial charge in [-0.3, -0.25) is 4.65 Å². The van der Waals surface area contributed by atoms with Crippen molar-refractivity contribution in [2.45, 2.75) is 41.0 Å². The SMILES string of the molecule is Cc1cc(C)c([N+]2([O-])CCc3c(C)nc(C)nc32)c(C)c1. The van der Waals surface area contributed by atoms with Crippen LogP contribution in [-0.4, -0.2) is 16.5 Å². The summed E-state index contributed by atoms with van der Waals surface area (Å²) in [5.41, 5.74) is 6.09. The fraction of sp³-hybridized carbons (Fsp3) is 0.412. The summed E-state index contributed by atoms with van der Waals surface area (Å²) in [6, 6.07) is 4.16. The van der Waals surface area contributed by atoms with Crippen molar-refractivity contribution in [3.8, 4) is 0 Å². The predicted octanol–water partition coefficient (Wildman–Crippen LogP) is 3.71. The number of hydrogen-bond donors (Lipinski definition) is 0. The number of aromatic nitrogens is 2. The van der Waals surface area contributed by atoms with Gasteiger partial charge in [0.15, 0.2) is 0 Å². The Morgan fingerprint density at radius 2 is 1.62 bits per heavy atom. The van der Waals surface area contributed by atoms with Crippen molar-refractivity contribution in [1.82, 2.24) is 14.6 Å². The Hall–Kier alpha value is -1.78. The van der Waals surface area contributed by atoms with Crippen LogP contribution in [0.4, 0.5) is 11.5 Å². The topological polar surface area (TPSA) is 48.8 Å². The molecule has 0 fully saturated rings. The van der Waals surface area contributed by atoms with E-state index in [1.807, 2.05) is 27.7 Å². The Morgan fingerprint density at radius 3 is 2.24 bits per heavy atom. The van der Waals surface area contributed by atoms with Crippen LogP contribution in [0.25, 0.3) is 0 Å². The first-order valence-electron chi connectivity index (χ1n) is 7.35. The standard InChI is InChI=1S/C17H21N3O/c1-10-8-11(2)16(12(3)9-10)20(21)7-6-15-13(4)18-14(5)19-17(15)20/h8-9H,6-7H2,1-5H3.